The number of carboxylic acid groups (broad SMARTS) is 1. The number of alkyl halides is 3. The van der Waals surface area contributed by atoms with E-state index in [4.69, 9.17) is 4.74 Å². The molecule has 0 unspecified atom stereocenters. The van der Waals surface area contributed by atoms with Crippen molar-refractivity contribution in [2.45, 2.75) is 42.8 Å². The predicted molar refractivity (Wildman–Crippen MR) is 120 cm³/mol. The Labute approximate surface area is 192 Å². The minimum absolute atomic E-state index is 0.00916. The van der Waals surface area contributed by atoms with E-state index in [1.54, 1.807) is 31.2 Å². The SMILES string of the molecule is CC[C@@](C)(NC(=O)c1ccc2ccccc2c1OCc1ccc(SC(F)(F)F)cc1)C(=O)O. The van der Waals surface area contributed by atoms with Gasteiger partial charge in [-0.2, -0.15) is 13.2 Å². The summed E-state index contributed by atoms with van der Waals surface area (Å²) in [6.45, 7) is 3.09. The van der Waals surface area contributed by atoms with Gasteiger partial charge in [-0.1, -0.05) is 49.4 Å². The second-order valence-corrected chi connectivity index (χ2v) is 8.73. The summed E-state index contributed by atoms with van der Waals surface area (Å²) >= 11 is -0.200. The molecule has 0 fully saturated rings. The van der Waals surface area contributed by atoms with Gasteiger partial charge in [0.1, 0.15) is 17.9 Å². The van der Waals surface area contributed by atoms with Gasteiger partial charge < -0.3 is 15.2 Å². The molecule has 1 amide bonds. The van der Waals surface area contributed by atoms with E-state index < -0.39 is 22.9 Å². The number of benzene rings is 3. The van der Waals surface area contributed by atoms with Crippen LogP contribution in [0.15, 0.2) is 65.6 Å². The van der Waals surface area contributed by atoms with Crippen LogP contribution in [0.2, 0.25) is 0 Å². The van der Waals surface area contributed by atoms with E-state index in [-0.39, 0.29) is 41.0 Å². The fourth-order valence-electron chi connectivity index (χ4n) is 3.13. The Bertz CT molecular complexity index is 1160. The Morgan fingerprint density at radius 2 is 1.70 bits per heavy atom. The number of carboxylic acids is 1. The molecule has 0 aliphatic rings. The minimum Gasteiger partial charge on any atom is -0.487 e. The highest BCUT2D eigenvalue weighted by atomic mass is 32.2. The number of hydrogen-bond acceptors (Lipinski definition) is 4. The van der Waals surface area contributed by atoms with Gasteiger partial charge in [0.2, 0.25) is 0 Å². The smallest absolute Gasteiger partial charge is 0.446 e. The summed E-state index contributed by atoms with van der Waals surface area (Å²) in [6, 6.07) is 16.3. The zero-order valence-corrected chi connectivity index (χ0v) is 18.7. The van der Waals surface area contributed by atoms with Gasteiger partial charge in [-0.3, -0.25) is 4.79 Å². The van der Waals surface area contributed by atoms with Gasteiger partial charge >= 0.3 is 11.5 Å². The van der Waals surface area contributed by atoms with Crippen LogP contribution < -0.4 is 10.1 Å². The predicted octanol–water partition coefficient (Wildman–Crippen LogP) is 6.01. The fourth-order valence-corrected chi connectivity index (χ4v) is 3.67. The van der Waals surface area contributed by atoms with Gasteiger partial charge in [0, 0.05) is 10.3 Å². The monoisotopic (exact) mass is 477 g/mol. The first-order valence-electron chi connectivity index (χ1n) is 10.1. The molecule has 0 aliphatic heterocycles. The van der Waals surface area contributed by atoms with E-state index >= 15 is 0 Å². The summed E-state index contributed by atoms with van der Waals surface area (Å²) in [4.78, 5) is 24.7. The molecule has 5 nitrogen and oxygen atoms in total. The van der Waals surface area contributed by atoms with Crippen LogP contribution >= 0.6 is 11.8 Å². The zero-order chi connectivity index (χ0) is 24.2. The van der Waals surface area contributed by atoms with Crippen LogP contribution in [0.3, 0.4) is 0 Å². The molecule has 2 N–H and O–H groups in total. The average Bonchev–Trinajstić information content (AvgIpc) is 2.77. The minimum atomic E-state index is -4.37. The number of rotatable bonds is 8. The summed E-state index contributed by atoms with van der Waals surface area (Å²) in [5.74, 6) is -1.49. The topological polar surface area (TPSA) is 75.6 Å². The second kappa shape index (κ2) is 9.74. The summed E-state index contributed by atoms with van der Waals surface area (Å²) in [6.07, 6.45) is 0.181. The van der Waals surface area contributed by atoms with E-state index in [0.717, 1.165) is 5.39 Å². The van der Waals surface area contributed by atoms with Crippen molar-refractivity contribution in [1.82, 2.24) is 5.32 Å². The van der Waals surface area contributed by atoms with Crippen LogP contribution in [-0.2, 0) is 11.4 Å². The maximum atomic E-state index is 13.0. The lowest BCUT2D eigenvalue weighted by Crippen LogP contribution is -2.51. The molecule has 0 saturated heterocycles. The molecular weight excluding hydrogens is 455 g/mol. The van der Waals surface area contributed by atoms with Gasteiger partial charge in [-0.25, -0.2) is 4.79 Å². The average molecular weight is 478 g/mol. The Hall–Kier alpha value is -3.20. The molecule has 3 aromatic carbocycles. The fraction of sp³-hybridized carbons (Fsp3) is 0.250. The molecule has 3 rings (SSSR count). The third kappa shape index (κ3) is 5.98. The highest BCUT2D eigenvalue weighted by molar-refractivity contribution is 8.00. The second-order valence-electron chi connectivity index (χ2n) is 7.59. The maximum Gasteiger partial charge on any atom is 0.446 e. The van der Waals surface area contributed by atoms with Crippen molar-refractivity contribution >= 4 is 34.4 Å². The van der Waals surface area contributed by atoms with Crippen LogP contribution in [-0.4, -0.2) is 28.0 Å². The van der Waals surface area contributed by atoms with Crippen molar-refractivity contribution in [3.05, 3.63) is 71.8 Å². The van der Waals surface area contributed by atoms with Gasteiger partial charge in [-0.15, -0.1) is 0 Å². The van der Waals surface area contributed by atoms with Crippen molar-refractivity contribution in [2.75, 3.05) is 0 Å². The van der Waals surface area contributed by atoms with Gasteiger partial charge in [0.05, 0.1) is 5.56 Å². The van der Waals surface area contributed by atoms with Crippen LogP contribution in [0.25, 0.3) is 10.8 Å². The van der Waals surface area contributed by atoms with Crippen molar-refractivity contribution in [2.24, 2.45) is 0 Å². The standard InChI is InChI=1S/C24H22F3NO4S/c1-3-23(2,22(30)31)28-21(29)19-13-10-16-6-4-5-7-18(16)20(19)32-14-15-8-11-17(12-9-15)33-24(25,26)27/h4-13H,3,14H2,1-2H3,(H,28,29)(H,30,31)/t23-/m1/s1. The lowest BCUT2D eigenvalue weighted by molar-refractivity contribution is -0.143. The van der Waals surface area contributed by atoms with Crippen molar-refractivity contribution in [1.29, 1.82) is 0 Å². The molecule has 174 valence electrons. The zero-order valence-electron chi connectivity index (χ0n) is 17.9. The number of nitrogens with one attached hydrogen (secondary N) is 1. The van der Waals surface area contributed by atoms with Gasteiger partial charge in [-0.05, 0) is 54.3 Å². The molecule has 0 spiro atoms. The molecule has 33 heavy (non-hydrogen) atoms. The Kier molecular flexibility index (Phi) is 7.22. The molecule has 0 radical (unpaired) electrons. The molecule has 0 saturated carbocycles. The lowest BCUT2D eigenvalue weighted by Gasteiger charge is -2.25. The first-order valence-corrected chi connectivity index (χ1v) is 10.9. The largest absolute Gasteiger partial charge is 0.487 e. The van der Waals surface area contributed by atoms with E-state index in [2.05, 4.69) is 5.32 Å². The molecular formula is C24H22F3NO4S. The van der Waals surface area contributed by atoms with E-state index in [1.807, 2.05) is 12.1 Å². The number of carbonyl (C=O) groups is 2. The number of amides is 1. The third-order valence-electron chi connectivity index (χ3n) is 5.23. The summed E-state index contributed by atoms with van der Waals surface area (Å²) in [7, 11) is 0. The lowest BCUT2D eigenvalue weighted by atomic mass is 9.97. The Balaban J connectivity index is 1.89. The number of aliphatic carboxylic acids is 1. The number of hydrogen-bond donors (Lipinski definition) is 2. The first-order chi connectivity index (χ1) is 15.5. The van der Waals surface area contributed by atoms with Crippen molar-refractivity contribution < 1.29 is 32.6 Å². The quantitative estimate of drug-likeness (QED) is 0.389. The third-order valence-corrected chi connectivity index (χ3v) is 5.97. The number of thioether (sulfide) groups is 1. The summed E-state index contributed by atoms with van der Waals surface area (Å²) in [5, 5.41) is 13.5. The molecule has 0 bridgehead atoms. The van der Waals surface area contributed by atoms with Crippen LogP contribution in [0, 0.1) is 0 Å². The van der Waals surface area contributed by atoms with E-state index in [0.29, 0.717) is 10.9 Å². The van der Waals surface area contributed by atoms with Crippen molar-refractivity contribution in [3.63, 3.8) is 0 Å². The number of carbonyl (C=O) groups excluding carboxylic acids is 1. The van der Waals surface area contributed by atoms with Crippen molar-refractivity contribution in [3.8, 4) is 5.75 Å². The molecule has 0 aromatic heterocycles. The molecule has 0 heterocycles. The highest BCUT2D eigenvalue weighted by Gasteiger charge is 2.34. The Morgan fingerprint density at radius 1 is 1.03 bits per heavy atom. The van der Waals surface area contributed by atoms with Gasteiger partial charge in [0.15, 0.2) is 0 Å². The summed E-state index contributed by atoms with van der Waals surface area (Å²) in [5.41, 5.74) is -5.04. The molecule has 9 heteroatoms. The number of ether oxygens (including phenoxy) is 1. The molecule has 0 aliphatic carbocycles. The first kappa shape index (κ1) is 24.4. The Morgan fingerprint density at radius 3 is 2.30 bits per heavy atom. The van der Waals surface area contributed by atoms with Crippen LogP contribution in [0.1, 0.15) is 36.2 Å². The molecule has 1 atom stereocenters. The van der Waals surface area contributed by atoms with Gasteiger partial charge in [0.25, 0.3) is 5.91 Å². The highest BCUT2D eigenvalue weighted by Crippen LogP contribution is 2.37. The van der Waals surface area contributed by atoms with E-state index in [1.165, 1.54) is 31.2 Å². The van der Waals surface area contributed by atoms with Crippen LogP contribution in [0.4, 0.5) is 13.2 Å². The number of fused-ring (bicyclic) bond motifs is 1. The molecule has 3 aromatic rings. The maximum absolute atomic E-state index is 13.0. The van der Waals surface area contributed by atoms with Crippen LogP contribution in [0.5, 0.6) is 5.75 Å². The number of halogens is 3. The van der Waals surface area contributed by atoms with E-state index in [9.17, 15) is 27.9 Å². The normalized spacial score (nSPS) is 13.4. The summed E-state index contributed by atoms with van der Waals surface area (Å²) < 4.78 is 43.6.